The molecule has 0 fully saturated rings. The summed E-state index contributed by atoms with van der Waals surface area (Å²) in [4.78, 5) is 4.68. The van der Waals surface area contributed by atoms with Gasteiger partial charge in [-0.15, -0.1) is 24.0 Å². The van der Waals surface area contributed by atoms with E-state index in [4.69, 9.17) is 9.47 Å². The molecule has 2 rings (SSSR count). The Kier molecular flexibility index (Phi) is 11.6. The van der Waals surface area contributed by atoms with Gasteiger partial charge >= 0.3 is 0 Å². The van der Waals surface area contributed by atoms with Gasteiger partial charge in [0.2, 0.25) is 0 Å². The van der Waals surface area contributed by atoms with Crippen LogP contribution in [0.25, 0.3) is 0 Å². The molecule has 0 aliphatic rings. The van der Waals surface area contributed by atoms with E-state index in [0.717, 1.165) is 12.1 Å². The highest BCUT2D eigenvalue weighted by atomic mass is 127. The van der Waals surface area contributed by atoms with Gasteiger partial charge in [0, 0.05) is 25.6 Å². The number of hydrogen-bond acceptors (Lipinski definition) is 4. The Morgan fingerprint density at radius 1 is 1.00 bits per heavy atom. The van der Waals surface area contributed by atoms with Gasteiger partial charge < -0.3 is 25.2 Å². The minimum atomic E-state index is -0.701. The summed E-state index contributed by atoms with van der Waals surface area (Å²) >= 11 is 0. The smallest absolute Gasteiger partial charge is 0.191 e. The van der Waals surface area contributed by atoms with Crippen molar-refractivity contribution in [3.05, 3.63) is 59.2 Å². The average molecular weight is 527 g/mol. The van der Waals surface area contributed by atoms with Crippen molar-refractivity contribution in [1.82, 2.24) is 10.6 Å². The molecule has 0 saturated heterocycles. The minimum absolute atomic E-state index is 0. The molecule has 0 heterocycles. The maximum atomic E-state index is 10.6. The predicted octanol–water partition coefficient (Wildman–Crippen LogP) is 4.02. The number of aliphatic hydroxyl groups excluding tert-OH is 1. The highest BCUT2D eigenvalue weighted by molar-refractivity contribution is 14.0. The number of guanidine groups is 1. The molecule has 0 spiro atoms. The number of methoxy groups -OCH3 is 2. The van der Waals surface area contributed by atoms with Crippen LogP contribution >= 0.6 is 24.0 Å². The first-order valence-corrected chi connectivity index (χ1v) is 9.97. The first-order valence-electron chi connectivity index (χ1n) is 9.97. The average Bonchev–Trinajstić information content (AvgIpc) is 2.75. The Hall–Kier alpha value is -2.00. The van der Waals surface area contributed by atoms with Crippen LogP contribution in [0.5, 0.6) is 11.5 Å². The van der Waals surface area contributed by atoms with E-state index in [1.807, 2.05) is 13.0 Å². The molecule has 2 atom stereocenters. The third-order valence-corrected chi connectivity index (χ3v) is 4.77. The largest absolute Gasteiger partial charge is 0.493 e. The molecule has 7 heteroatoms. The molecule has 0 aliphatic heterocycles. The number of nitrogens with zero attached hydrogens (tertiary/aromatic N) is 1. The van der Waals surface area contributed by atoms with Crippen LogP contribution in [-0.4, -0.2) is 44.9 Å². The Morgan fingerprint density at radius 2 is 1.63 bits per heavy atom. The van der Waals surface area contributed by atoms with Crippen LogP contribution in [0, 0.1) is 6.92 Å². The molecule has 6 nitrogen and oxygen atoms in total. The van der Waals surface area contributed by atoms with Crippen LogP contribution in [0.3, 0.4) is 0 Å². The van der Waals surface area contributed by atoms with E-state index < -0.39 is 6.10 Å². The lowest BCUT2D eigenvalue weighted by molar-refractivity contribution is 0.180. The number of hydrogen-bond donors (Lipinski definition) is 3. The molecule has 0 aliphatic carbocycles. The Labute approximate surface area is 197 Å². The Balaban J connectivity index is 0.00000450. The van der Waals surface area contributed by atoms with Gasteiger partial charge in [-0.1, -0.05) is 42.8 Å². The Bertz CT molecular complexity index is 797. The SMILES string of the molecule is CCNC(=NCC(C)c1ccc(C)cc1)NCC(O)c1ccc(OC)c(OC)c1.I. The van der Waals surface area contributed by atoms with Crippen molar-refractivity contribution >= 4 is 29.9 Å². The highest BCUT2D eigenvalue weighted by Gasteiger charge is 2.13. The van der Waals surface area contributed by atoms with Crippen molar-refractivity contribution in [2.45, 2.75) is 32.8 Å². The zero-order chi connectivity index (χ0) is 21.2. The van der Waals surface area contributed by atoms with Gasteiger partial charge in [0.15, 0.2) is 17.5 Å². The molecule has 2 aromatic rings. The van der Waals surface area contributed by atoms with E-state index in [1.165, 1.54) is 11.1 Å². The number of aliphatic imine (C=N–C) groups is 1. The van der Waals surface area contributed by atoms with Crippen LogP contribution in [0.1, 0.15) is 42.6 Å². The molecule has 0 bridgehead atoms. The van der Waals surface area contributed by atoms with Gasteiger partial charge in [0.1, 0.15) is 0 Å². The summed E-state index contributed by atoms with van der Waals surface area (Å²) in [5, 5.41) is 17.0. The van der Waals surface area contributed by atoms with Crippen LogP contribution in [-0.2, 0) is 0 Å². The summed E-state index contributed by atoms with van der Waals surface area (Å²) in [5.74, 6) is 2.22. The molecule has 0 radical (unpaired) electrons. The molecular formula is C23H34IN3O3. The van der Waals surface area contributed by atoms with E-state index >= 15 is 0 Å². The monoisotopic (exact) mass is 527 g/mol. The second kappa shape index (κ2) is 13.3. The van der Waals surface area contributed by atoms with Gasteiger partial charge in [-0.2, -0.15) is 0 Å². The van der Waals surface area contributed by atoms with E-state index in [0.29, 0.717) is 36.5 Å². The zero-order valence-corrected chi connectivity index (χ0v) is 20.8. The summed E-state index contributed by atoms with van der Waals surface area (Å²) in [7, 11) is 3.17. The number of nitrogens with one attached hydrogen (secondary N) is 2. The first-order chi connectivity index (χ1) is 14.0. The van der Waals surface area contributed by atoms with E-state index in [2.05, 4.69) is 53.7 Å². The molecule has 2 aromatic carbocycles. The van der Waals surface area contributed by atoms with E-state index in [-0.39, 0.29) is 24.0 Å². The van der Waals surface area contributed by atoms with Crippen molar-refractivity contribution in [3.63, 3.8) is 0 Å². The first kappa shape index (κ1) is 26.0. The maximum absolute atomic E-state index is 10.6. The number of aryl methyl sites for hydroxylation is 1. The van der Waals surface area contributed by atoms with Crippen LogP contribution in [0.15, 0.2) is 47.5 Å². The fraction of sp³-hybridized carbons (Fsp3) is 0.435. The van der Waals surface area contributed by atoms with Crippen LogP contribution in [0.2, 0.25) is 0 Å². The number of rotatable bonds is 9. The van der Waals surface area contributed by atoms with Crippen molar-refractivity contribution in [1.29, 1.82) is 0 Å². The Morgan fingerprint density at radius 3 is 2.23 bits per heavy atom. The standard InChI is InChI=1S/C23H33N3O3.HI/c1-6-24-23(25-14-17(3)18-9-7-16(2)8-10-18)26-15-20(27)19-11-12-21(28-4)22(13-19)29-5;/h7-13,17,20,27H,6,14-15H2,1-5H3,(H2,24,25,26);1H. The lowest BCUT2D eigenvalue weighted by atomic mass is 10.0. The molecule has 166 valence electrons. The third kappa shape index (κ3) is 7.68. The van der Waals surface area contributed by atoms with Gasteiger partial charge in [0.05, 0.1) is 20.3 Å². The van der Waals surface area contributed by atoms with Gasteiger partial charge in [-0.25, -0.2) is 0 Å². The molecule has 0 amide bonds. The molecule has 30 heavy (non-hydrogen) atoms. The third-order valence-electron chi connectivity index (χ3n) is 4.77. The lowest BCUT2D eigenvalue weighted by Crippen LogP contribution is -2.39. The number of halogens is 1. The van der Waals surface area contributed by atoms with E-state index in [9.17, 15) is 5.11 Å². The van der Waals surface area contributed by atoms with E-state index in [1.54, 1.807) is 26.4 Å². The molecule has 2 unspecified atom stereocenters. The minimum Gasteiger partial charge on any atom is -0.493 e. The normalized spacial score (nSPS) is 13.1. The predicted molar refractivity (Wildman–Crippen MR) is 133 cm³/mol. The quantitative estimate of drug-likeness (QED) is 0.261. The zero-order valence-electron chi connectivity index (χ0n) is 18.4. The maximum Gasteiger partial charge on any atom is 0.191 e. The van der Waals surface area contributed by atoms with Crippen LogP contribution < -0.4 is 20.1 Å². The second-order valence-electron chi connectivity index (χ2n) is 7.04. The summed E-state index contributed by atoms with van der Waals surface area (Å²) in [6.45, 7) is 8.01. The van der Waals surface area contributed by atoms with Crippen molar-refractivity contribution < 1.29 is 14.6 Å². The van der Waals surface area contributed by atoms with Crippen molar-refractivity contribution in [3.8, 4) is 11.5 Å². The molecular weight excluding hydrogens is 493 g/mol. The molecule has 0 aromatic heterocycles. The lowest BCUT2D eigenvalue weighted by Gasteiger charge is -2.18. The van der Waals surface area contributed by atoms with Gasteiger partial charge in [0.25, 0.3) is 0 Å². The van der Waals surface area contributed by atoms with Gasteiger partial charge in [-0.05, 0) is 37.1 Å². The summed E-state index contributed by atoms with van der Waals surface area (Å²) in [5.41, 5.74) is 3.27. The summed E-state index contributed by atoms with van der Waals surface area (Å²) in [6, 6.07) is 14.0. The fourth-order valence-electron chi connectivity index (χ4n) is 2.94. The summed E-state index contributed by atoms with van der Waals surface area (Å²) < 4.78 is 10.6. The second-order valence-corrected chi connectivity index (χ2v) is 7.04. The topological polar surface area (TPSA) is 75.1 Å². The summed E-state index contributed by atoms with van der Waals surface area (Å²) in [6.07, 6.45) is -0.701. The van der Waals surface area contributed by atoms with Crippen molar-refractivity contribution in [2.75, 3.05) is 33.9 Å². The molecule has 0 saturated carbocycles. The molecule has 3 N–H and O–H groups in total. The number of benzene rings is 2. The fourth-order valence-corrected chi connectivity index (χ4v) is 2.94. The van der Waals surface area contributed by atoms with Gasteiger partial charge in [-0.3, -0.25) is 4.99 Å². The highest BCUT2D eigenvalue weighted by Crippen LogP contribution is 2.29. The number of aliphatic hydroxyl groups is 1. The van der Waals surface area contributed by atoms with Crippen molar-refractivity contribution in [2.24, 2.45) is 4.99 Å². The number of ether oxygens (including phenoxy) is 2. The van der Waals surface area contributed by atoms with Crippen LogP contribution in [0.4, 0.5) is 0 Å².